The largest absolute Gasteiger partial charge is 0.317 e. The third-order valence-electron chi connectivity index (χ3n) is 3.43. The average molecular weight is 239 g/mol. The maximum Gasteiger partial charge on any atom is 0.171 e. The van der Waals surface area contributed by atoms with Gasteiger partial charge in [-0.25, -0.2) is 8.78 Å². The molecule has 1 aromatic carbocycles. The minimum Gasteiger partial charge on any atom is -0.317 e. The predicted octanol–water partition coefficient (Wildman–Crippen LogP) is 2.54. The van der Waals surface area contributed by atoms with Crippen LogP contribution in [-0.2, 0) is 0 Å². The fourth-order valence-electron chi connectivity index (χ4n) is 2.20. The van der Waals surface area contributed by atoms with Gasteiger partial charge in [-0.2, -0.15) is 0 Å². The lowest BCUT2D eigenvalue weighted by atomic mass is 9.75. The average Bonchev–Trinajstić information content (AvgIpc) is 2.32. The van der Waals surface area contributed by atoms with Gasteiger partial charge in [0.05, 0.1) is 5.56 Å². The third kappa shape index (κ3) is 2.36. The molecule has 0 saturated carbocycles. The predicted molar refractivity (Wildman–Crippen MR) is 60.9 cm³/mol. The van der Waals surface area contributed by atoms with Crippen LogP contribution in [0, 0.1) is 17.0 Å². The van der Waals surface area contributed by atoms with Crippen molar-refractivity contribution in [3.8, 4) is 0 Å². The molecular weight excluding hydrogens is 224 g/mol. The molecule has 1 N–H and O–H groups in total. The first-order valence-corrected chi connectivity index (χ1v) is 5.73. The SMILES string of the molecule is CC1(C(=O)c2cc(F)ccc2F)CCNCC1. The summed E-state index contributed by atoms with van der Waals surface area (Å²) < 4.78 is 26.6. The topological polar surface area (TPSA) is 29.1 Å². The molecule has 2 nitrogen and oxygen atoms in total. The van der Waals surface area contributed by atoms with Crippen LogP contribution in [0.5, 0.6) is 0 Å². The number of Topliss-reactive ketones (excluding diaryl/α,β-unsaturated/α-hetero) is 1. The molecule has 92 valence electrons. The normalized spacial score (nSPS) is 19.0. The molecule has 0 unspecified atom stereocenters. The fourth-order valence-corrected chi connectivity index (χ4v) is 2.20. The van der Waals surface area contributed by atoms with Gasteiger partial charge < -0.3 is 5.32 Å². The van der Waals surface area contributed by atoms with Crippen LogP contribution in [-0.4, -0.2) is 18.9 Å². The molecule has 1 heterocycles. The monoisotopic (exact) mass is 239 g/mol. The molecule has 0 spiro atoms. The first kappa shape index (κ1) is 12.2. The van der Waals surface area contributed by atoms with E-state index >= 15 is 0 Å². The van der Waals surface area contributed by atoms with Gasteiger partial charge in [0.2, 0.25) is 0 Å². The zero-order valence-corrected chi connectivity index (χ0v) is 9.72. The summed E-state index contributed by atoms with van der Waals surface area (Å²) in [6.45, 7) is 3.29. The Hall–Kier alpha value is -1.29. The van der Waals surface area contributed by atoms with Crippen molar-refractivity contribution in [2.24, 2.45) is 5.41 Å². The van der Waals surface area contributed by atoms with E-state index in [0.717, 1.165) is 31.3 Å². The Morgan fingerprint density at radius 2 is 1.94 bits per heavy atom. The van der Waals surface area contributed by atoms with Crippen molar-refractivity contribution in [1.29, 1.82) is 0 Å². The van der Waals surface area contributed by atoms with Crippen molar-refractivity contribution in [2.45, 2.75) is 19.8 Å². The Morgan fingerprint density at radius 3 is 2.59 bits per heavy atom. The van der Waals surface area contributed by atoms with Crippen molar-refractivity contribution in [3.05, 3.63) is 35.4 Å². The van der Waals surface area contributed by atoms with Crippen LogP contribution in [0.1, 0.15) is 30.1 Å². The Bertz CT molecular complexity index is 439. The summed E-state index contributed by atoms with van der Waals surface area (Å²) in [6.07, 6.45) is 1.31. The summed E-state index contributed by atoms with van der Waals surface area (Å²) in [5.41, 5.74) is -0.714. The van der Waals surface area contributed by atoms with Gasteiger partial charge in [-0.15, -0.1) is 0 Å². The smallest absolute Gasteiger partial charge is 0.171 e. The number of hydrogen-bond acceptors (Lipinski definition) is 2. The Labute approximate surface area is 99.0 Å². The Kier molecular flexibility index (Phi) is 3.24. The second-order valence-corrected chi connectivity index (χ2v) is 4.76. The number of rotatable bonds is 2. The van der Waals surface area contributed by atoms with E-state index in [-0.39, 0.29) is 11.3 Å². The summed E-state index contributed by atoms with van der Waals surface area (Å²) in [5, 5.41) is 3.15. The van der Waals surface area contributed by atoms with Gasteiger partial charge in [-0.05, 0) is 44.1 Å². The highest BCUT2D eigenvalue weighted by molar-refractivity contribution is 6.00. The van der Waals surface area contributed by atoms with Gasteiger partial charge in [0.25, 0.3) is 0 Å². The Morgan fingerprint density at radius 1 is 1.29 bits per heavy atom. The summed E-state index contributed by atoms with van der Waals surface area (Å²) in [5.74, 6) is -1.51. The summed E-state index contributed by atoms with van der Waals surface area (Å²) in [7, 11) is 0. The number of halogens is 2. The van der Waals surface area contributed by atoms with Crippen LogP contribution < -0.4 is 5.32 Å². The number of carbonyl (C=O) groups is 1. The second-order valence-electron chi connectivity index (χ2n) is 4.76. The molecule has 0 atom stereocenters. The molecule has 1 saturated heterocycles. The quantitative estimate of drug-likeness (QED) is 0.803. The Balaban J connectivity index is 2.32. The molecule has 0 aromatic heterocycles. The van der Waals surface area contributed by atoms with E-state index in [2.05, 4.69) is 5.32 Å². The molecule has 0 aliphatic carbocycles. The van der Waals surface area contributed by atoms with Crippen molar-refractivity contribution >= 4 is 5.78 Å². The van der Waals surface area contributed by atoms with E-state index in [1.54, 1.807) is 0 Å². The number of carbonyl (C=O) groups excluding carboxylic acids is 1. The lowest BCUT2D eigenvalue weighted by Crippen LogP contribution is -2.40. The fraction of sp³-hybridized carbons (Fsp3) is 0.462. The van der Waals surface area contributed by atoms with Gasteiger partial charge in [0.1, 0.15) is 11.6 Å². The number of nitrogens with one attached hydrogen (secondary N) is 1. The number of piperidine rings is 1. The highest BCUT2D eigenvalue weighted by Gasteiger charge is 2.36. The number of benzene rings is 1. The van der Waals surface area contributed by atoms with Crippen molar-refractivity contribution in [2.75, 3.05) is 13.1 Å². The van der Waals surface area contributed by atoms with Crippen LogP contribution in [0.3, 0.4) is 0 Å². The molecule has 0 radical (unpaired) electrons. The number of ketones is 1. The van der Waals surface area contributed by atoms with Crippen molar-refractivity contribution < 1.29 is 13.6 Å². The van der Waals surface area contributed by atoms with Gasteiger partial charge in [0, 0.05) is 5.41 Å². The molecule has 1 aromatic rings. The summed E-state index contributed by atoms with van der Waals surface area (Å²) in [4.78, 5) is 12.3. The molecule has 0 bridgehead atoms. The molecule has 0 amide bonds. The maximum absolute atomic E-state index is 13.5. The van der Waals surface area contributed by atoms with Crippen LogP contribution in [0.25, 0.3) is 0 Å². The van der Waals surface area contributed by atoms with Gasteiger partial charge in [-0.3, -0.25) is 4.79 Å². The van der Waals surface area contributed by atoms with Crippen LogP contribution in [0.2, 0.25) is 0 Å². The van der Waals surface area contributed by atoms with E-state index < -0.39 is 17.0 Å². The first-order valence-electron chi connectivity index (χ1n) is 5.73. The minimum absolute atomic E-state index is 0.130. The van der Waals surface area contributed by atoms with E-state index in [0.29, 0.717) is 12.8 Å². The summed E-state index contributed by atoms with van der Waals surface area (Å²) in [6, 6.07) is 3.02. The molecule has 17 heavy (non-hydrogen) atoms. The van der Waals surface area contributed by atoms with Crippen LogP contribution in [0.4, 0.5) is 8.78 Å². The van der Waals surface area contributed by atoms with E-state index in [1.807, 2.05) is 6.92 Å². The standard InChI is InChI=1S/C13H15F2NO/c1-13(4-6-16-7-5-13)12(17)10-8-9(14)2-3-11(10)15/h2-3,8,16H,4-7H2,1H3. The lowest BCUT2D eigenvalue weighted by molar-refractivity contribution is 0.0757. The second kappa shape index (κ2) is 4.53. The van der Waals surface area contributed by atoms with Gasteiger partial charge >= 0.3 is 0 Å². The van der Waals surface area contributed by atoms with E-state index in [9.17, 15) is 13.6 Å². The van der Waals surface area contributed by atoms with E-state index in [1.165, 1.54) is 0 Å². The van der Waals surface area contributed by atoms with E-state index in [4.69, 9.17) is 0 Å². The molecule has 4 heteroatoms. The molecule has 1 aliphatic heterocycles. The molecule has 1 aliphatic rings. The highest BCUT2D eigenvalue weighted by atomic mass is 19.1. The molecule has 1 fully saturated rings. The summed E-state index contributed by atoms with van der Waals surface area (Å²) >= 11 is 0. The van der Waals surface area contributed by atoms with Crippen LogP contribution in [0.15, 0.2) is 18.2 Å². The van der Waals surface area contributed by atoms with Crippen molar-refractivity contribution in [1.82, 2.24) is 5.32 Å². The third-order valence-corrected chi connectivity index (χ3v) is 3.43. The molecular formula is C13H15F2NO. The molecule has 2 rings (SSSR count). The van der Waals surface area contributed by atoms with Crippen molar-refractivity contribution in [3.63, 3.8) is 0 Å². The lowest BCUT2D eigenvalue weighted by Gasteiger charge is -2.32. The highest BCUT2D eigenvalue weighted by Crippen LogP contribution is 2.33. The zero-order valence-electron chi connectivity index (χ0n) is 9.72. The van der Waals surface area contributed by atoms with Crippen LogP contribution >= 0.6 is 0 Å². The minimum atomic E-state index is -0.642. The van der Waals surface area contributed by atoms with Gasteiger partial charge in [-0.1, -0.05) is 6.92 Å². The number of hydrogen-bond donors (Lipinski definition) is 1. The zero-order chi connectivity index (χ0) is 12.5. The van der Waals surface area contributed by atoms with Gasteiger partial charge in [0.15, 0.2) is 5.78 Å². The maximum atomic E-state index is 13.5. The first-order chi connectivity index (χ1) is 8.03.